The number of carbonyl (C=O) groups excluding carboxylic acids is 6. The molecule has 0 spiro atoms. The first-order chi connectivity index (χ1) is 34.2. The number of cyclic esters (lactones) is 1. The van der Waals surface area contributed by atoms with Crippen molar-refractivity contribution >= 4 is 41.8 Å². The number of carbonyl (C=O) groups is 6. The van der Waals surface area contributed by atoms with Gasteiger partial charge in [0.1, 0.15) is 48.1 Å². The average molecular weight is 1000 g/mol. The fourth-order valence-electron chi connectivity index (χ4n) is 10.8. The molecule has 17 heteroatoms. The quantitative estimate of drug-likeness (QED) is 0.0542. The van der Waals surface area contributed by atoms with Gasteiger partial charge in [-0.25, -0.2) is 9.59 Å². The molecule has 394 valence electrons. The highest BCUT2D eigenvalue weighted by molar-refractivity contribution is 5.96. The zero-order valence-corrected chi connectivity index (χ0v) is 43.2. The molecular weight excluding hydrogens is 927 g/mol. The first-order valence-electron chi connectivity index (χ1n) is 25.8. The second kappa shape index (κ2) is 22.9. The summed E-state index contributed by atoms with van der Waals surface area (Å²) in [5.74, 6) is -4.65. The van der Waals surface area contributed by atoms with Crippen molar-refractivity contribution in [3.8, 4) is 0 Å². The number of benzene rings is 2. The lowest BCUT2D eigenvalue weighted by molar-refractivity contribution is -0.225. The van der Waals surface area contributed by atoms with E-state index >= 15 is 4.79 Å². The Balaban J connectivity index is 1.24. The summed E-state index contributed by atoms with van der Waals surface area (Å²) in [7, 11) is 1.54. The molecule has 2 bridgehead atoms. The van der Waals surface area contributed by atoms with Crippen molar-refractivity contribution < 1.29 is 67.1 Å². The third-order valence-electron chi connectivity index (χ3n) is 14.5. The van der Waals surface area contributed by atoms with Crippen molar-refractivity contribution in [2.75, 3.05) is 20.3 Å². The van der Waals surface area contributed by atoms with Crippen molar-refractivity contribution in [1.82, 2.24) is 15.3 Å². The maximum absolute atomic E-state index is 16.0. The Kier molecular flexibility index (Phi) is 17.4. The monoisotopic (exact) mass is 1000 g/mol. The first kappa shape index (κ1) is 54.6. The molecule has 0 aromatic heterocycles. The van der Waals surface area contributed by atoms with E-state index < -0.39 is 113 Å². The first-order valence-corrected chi connectivity index (χ1v) is 25.8. The van der Waals surface area contributed by atoms with E-state index in [0.29, 0.717) is 24.0 Å². The van der Waals surface area contributed by atoms with E-state index in [1.165, 1.54) is 16.0 Å². The highest BCUT2D eigenvalue weighted by Crippen LogP contribution is 2.59. The van der Waals surface area contributed by atoms with Crippen molar-refractivity contribution in [1.29, 1.82) is 0 Å². The summed E-state index contributed by atoms with van der Waals surface area (Å²) in [6.45, 7) is 12.7. The number of aliphatic hydroxyl groups is 1. The second-order valence-electron chi connectivity index (χ2n) is 21.8. The molecule has 5 fully saturated rings. The fourth-order valence-corrected chi connectivity index (χ4v) is 10.8. The number of nitrogens with zero attached hydrogens (tertiary/aromatic N) is 2. The van der Waals surface area contributed by atoms with E-state index in [2.05, 4.69) is 19.2 Å². The predicted octanol–water partition coefficient (Wildman–Crippen LogP) is 6.30. The van der Waals surface area contributed by atoms with Gasteiger partial charge < -0.3 is 43.7 Å². The number of amides is 2. The smallest absolute Gasteiger partial charge is 0.348 e. The van der Waals surface area contributed by atoms with Crippen molar-refractivity contribution in [2.45, 2.75) is 192 Å². The second-order valence-corrected chi connectivity index (χ2v) is 21.8. The van der Waals surface area contributed by atoms with Crippen molar-refractivity contribution in [3.05, 3.63) is 77.4 Å². The van der Waals surface area contributed by atoms with Gasteiger partial charge in [-0.05, 0) is 62.8 Å². The van der Waals surface area contributed by atoms with Crippen LogP contribution in [0.4, 0.5) is 0 Å². The summed E-state index contributed by atoms with van der Waals surface area (Å²) in [5, 5.41) is 14.8. The van der Waals surface area contributed by atoms with Crippen LogP contribution >= 0.6 is 0 Å². The van der Waals surface area contributed by atoms with Gasteiger partial charge in [0.25, 0.3) is 0 Å². The standard InChI is InChI=1S/C55H75N3O14/c1-9-11-18-28-54(29-19-12-10-2)70-43-40-31-55(51(65)57(8)39(30-35-20-14-13-15-21-35)48(62)56-38(33-59)25-27-42(61)69-52(3,4)5)45(49(63)67-40)58(72-46(55)44(43)71-54)32-37-23-17-16-22-36(37)24-26-41(60)68-47-50(64)66-34-53(47,6)7/h13-17,20-24,26,38-40,43-47,59H,9-12,18-19,25,27-34H2,1-8H3,(H,56,62). The SMILES string of the molecule is CCCCCC1(CCCCC)OC2C3CC4(C(=O)N(C)C(Cc5ccccc5)C(=O)NC(CO)CCC(=O)OC(C)(C)C)C(ON(Cc5ccccc5C=CC(=O)OC5C(=O)OCC5(C)C)C4C(=O)O3)C2O1. The van der Waals surface area contributed by atoms with E-state index in [1.807, 2.05) is 36.4 Å². The minimum Gasteiger partial charge on any atom is -0.462 e. The maximum Gasteiger partial charge on any atom is 0.348 e. The molecule has 4 saturated heterocycles. The Morgan fingerprint density at radius 1 is 0.931 bits per heavy atom. The van der Waals surface area contributed by atoms with Crippen LogP contribution in [0.1, 0.15) is 136 Å². The van der Waals surface area contributed by atoms with Gasteiger partial charge in [-0.1, -0.05) is 108 Å². The molecular formula is C55H75N3O14. The molecule has 2 aromatic carbocycles. The Hall–Kier alpha value is -5.20. The zero-order valence-electron chi connectivity index (χ0n) is 43.2. The van der Waals surface area contributed by atoms with Gasteiger partial charge in [0.2, 0.25) is 17.9 Å². The Labute approximate surface area is 423 Å². The van der Waals surface area contributed by atoms with Crippen molar-refractivity contribution in [2.24, 2.45) is 10.8 Å². The Morgan fingerprint density at radius 3 is 2.24 bits per heavy atom. The molecule has 9 atom stereocenters. The van der Waals surface area contributed by atoms with Gasteiger partial charge in [-0.15, -0.1) is 0 Å². The molecule has 7 rings (SSSR count). The normalized spacial score (nSPS) is 26.8. The highest BCUT2D eigenvalue weighted by atomic mass is 16.8. The number of hydrogen-bond donors (Lipinski definition) is 2. The molecule has 2 aromatic rings. The van der Waals surface area contributed by atoms with E-state index in [-0.39, 0.29) is 38.8 Å². The van der Waals surface area contributed by atoms with Gasteiger partial charge in [-0.2, -0.15) is 5.06 Å². The van der Waals surface area contributed by atoms with Gasteiger partial charge in [0.05, 0.1) is 19.2 Å². The third kappa shape index (κ3) is 12.1. The van der Waals surface area contributed by atoms with Crippen LogP contribution in [0.3, 0.4) is 0 Å². The molecule has 0 radical (unpaired) electrons. The fraction of sp³-hybridized carbons (Fsp3) is 0.636. The number of likely N-dealkylation sites (N-methyl/N-ethyl adjacent to an activating group) is 1. The molecule has 2 N–H and O–H groups in total. The van der Waals surface area contributed by atoms with Gasteiger partial charge in [0, 0.05) is 50.6 Å². The molecule has 72 heavy (non-hydrogen) atoms. The van der Waals surface area contributed by atoms with Crippen LogP contribution in [0, 0.1) is 10.8 Å². The van der Waals surface area contributed by atoms with Crippen LogP contribution in [0.25, 0.3) is 6.08 Å². The van der Waals surface area contributed by atoms with Crippen LogP contribution in [0.5, 0.6) is 0 Å². The lowest BCUT2D eigenvalue weighted by Crippen LogP contribution is -2.70. The van der Waals surface area contributed by atoms with Crippen LogP contribution in [-0.4, -0.2) is 131 Å². The third-order valence-corrected chi connectivity index (χ3v) is 14.5. The maximum atomic E-state index is 16.0. The lowest BCUT2D eigenvalue weighted by Gasteiger charge is -2.50. The van der Waals surface area contributed by atoms with Crippen LogP contribution in [-0.2, 0) is 75.0 Å². The van der Waals surface area contributed by atoms with Gasteiger partial charge in [-0.3, -0.25) is 24.0 Å². The van der Waals surface area contributed by atoms with Crippen molar-refractivity contribution in [3.63, 3.8) is 0 Å². The summed E-state index contributed by atoms with van der Waals surface area (Å²) in [5.41, 5.74) is -1.11. The van der Waals surface area contributed by atoms with E-state index in [9.17, 15) is 29.1 Å². The van der Waals surface area contributed by atoms with E-state index in [0.717, 1.165) is 44.1 Å². The zero-order chi connectivity index (χ0) is 52.0. The number of esters is 4. The minimum absolute atomic E-state index is 0.0143. The molecule has 5 aliphatic rings. The summed E-state index contributed by atoms with van der Waals surface area (Å²) >= 11 is 0. The van der Waals surface area contributed by atoms with Gasteiger partial charge >= 0.3 is 23.9 Å². The summed E-state index contributed by atoms with van der Waals surface area (Å²) in [6.07, 6.45) is 5.01. The number of ether oxygens (including phenoxy) is 6. The molecule has 2 amide bonds. The van der Waals surface area contributed by atoms with Crippen LogP contribution in [0.15, 0.2) is 60.7 Å². The number of nitrogens with one attached hydrogen (secondary N) is 1. The number of rotatable bonds is 23. The predicted molar refractivity (Wildman–Crippen MR) is 263 cm³/mol. The Morgan fingerprint density at radius 2 is 1.60 bits per heavy atom. The average Bonchev–Trinajstić information content (AvgIpc) is 3.98. The van der Waals surface area contributed by atoms with Gasteiger partial charge in [0.15, 0.2) is 11.8 Å². The molecule has 9 unspecified atom stereocenters. The van der Waals surface area contributed by atoms with E-state index in [1.54, 1.807) is 65.9 Å². The largest absolute Gasteiger partial charge is 0.462 e. The molecule has 4 aliphatic heterocycles. The molecule has 1 aliphatic carbocycles. The molecule has 4 heterocycles. The number of hydroxylamine groups is 2. The number of hydrogen-bond acceptors (Lipinski definition) is 15. The summed E-state index contributed by atoms with van der Waals surface area (Å²) < 4.78 is 36.6. The minimum atomic E-state index is -1.65. The van der Waals surface area contributed by atoms with Crippen LogP contribution in [0.2, 0.25) is 0 Å². The summed E-state index contributed by atoms with van der Waals surface area (Å²) in [6, 6.07) is 13.1. The molecule has 1 saturated carbocycles. The lowest BCUT2D eigenvalue weighted by atomic mass is 9.62. The van der Waals surface area contributed by atoms with Crippen LogP contribution < -0.4 is 5.32 Å². The summed E-state index contributed by atoms with van der Waals surface area (Å²) in [4.78, 5) is 92.1. The Bertz CT molecular complexity index is 2290. The number of fused-ring (bicyclic) bond motifs is 4. The molecule has 17 nitrogen and oxygen atoms in total. The number of aliphatic hydroxyl groups excluding tert-OH is 1. The van der Waals surface area contributed by atoms with E-state index in [4.69, 9.17) is 33.3 Å². The topological polar surface area (TPSA) is 206 Å². The highest BCUT2D eigenvalue weighted by Gasteiger charge is 2.77. The number of unbranched alkanes of at least 4 members (excludes halogenated alkanes) is 4.